The Bertz CT molecular complexity index is 462. The molecule has 1 heterocycles. The van der Waals surface area contributed by atoms with Crippen LogP contribution in [0, 0.1) is 0 Å². The van der Waals surface area contributed by atoms with Crippen molar-refractivity contribution in [3.8, 4) is 11.5 Å². The summed E-state index contributed by atoms with van der Waals surface area (Å²) in [6.07, 6.45) is 0.896. The molecule has 0 aliphatic carbocycles. The third-order valence-electron chi connectivity index (χ3n) is 2.82. The summed E-state index contributed by atoms with van der Waals surface area (Å²) in [7, 11) is 3.54. The molecule has 4 nitrogen and oxygen atoms in total. The van der Waals surface area contributed by atoms with Crippen LogP contribution in [0.1, 0.15) is 13.3 Å². The summed E-state index contributed by atoms with van der Waals surface area (Å²) in [4.78, 5) is 14.5. The van der Waals surface area contributed by atoms with Gasteiger partial charge < -0.3 is 14.4 Å². The van der Waals surface area contributed by atoms with Gasteiger partial charge in [0.1, 0.15) is 0 Å². The molecule has 1 aromatic carbocycles. The van der Waals surface area contributed by atoms with E-state index in [2.05, 4.69) is 0 Å². The van der Waals surface area contributed by atoms with Gasteiger partial charge in [-0.3, -0.25) is 4.79 Å². The summed E-state index contributed by atoms with van der Waals surface area (Å²) >= 11 is 1.53. The van der Waals surface area contributed by atoms with E-state index in [9.17, 15) is 4.79 Å². The molecule has 0 aromatic heterocycles. The minimum atomic E-state index is -0.111. The first-order valence-electron chi connectivity index (χ1n) is 6.35. The second kappa shape index (κ2) is 6.19. The zero-order valence-electron chi connectivity index (χ0n) is 11.5. The molecule has 0 saturated carbocycles. The van der Waals surface area contributed by atoms with Crippen molar-refractivity contribution in [1.82, 2.24) is 4.90 Å². The first-order valence-corrected chi connectivity index (χ1v) is 7.23. The highest BCUT2D eigenvalue weighted by molar-refractivity contribution is 8.00. The van der Waals surface area contributed by atoms with Crippen LogP contribution in [0.3, 0.4) is 0 Å². The van der Waals surface area contributed by atoms with E-state index in [4.69, 9.17) is 9.47 Å². The fourth-order valence-electron chi connectivity index (χ4n) is 1.84. The lowest BCUT2D eigenvalue weighted by molar-refractivity contribution is -0.127. The zero-order valence-corrected chi connectivity index (χ0v) is 12.3. The fraction of sp³-hybridized carbons (Fsp3) is 0.500. The van der Waals surface area contributed by atoms with Gasteiger partial charge in [0.2, 0.25) is 5.91 Å². The normalized spacial score (nSPS) is 15.5. The third kappa shape index (κ3) is 3.56. The van der Waals surface area contributed by atoms with Crippen molar-refractivity contribution in [2.75, 3.05) is 27.3 Å². The van der Waals surface area contributed by atoms with Crippen molar-refractivity contribution >= 4 is 17.7 Å². The second-order valence-electron chi connectivity index (χ2n) is 4.65. The maximum atomic E-state index is 11.8. The van der Waals surface area contributed by atoms with E-state index in [1.807, 2.05) is 25.1 Å². The minimum Gasteiger partial charge on any atom is -0.490 e. The Labute approximate surface area is 118 Å². The summed E-state index contributed by atoms with van der Waals surface area (Å²) in [5.41, 5.74) is 0. The van der Waals surface area contributed by atoms with Crippen LogP contribution in [0.2, 0.25) is 0 Å². The van der Waals surface area contributed by atoms with Gasteiger partial charge in [-0.05, 0) is 25.1 Å². The van der Waals surface area contributed by atoms with Crippen LogP contribution >= 0.6 is 11.8 Å². The number of carbonyl (C=O) groups excluding carboxylic acids is 1. The molecule has 0 spiro atoms. The Hall–Kier alpha value is -1.36. The maximum absolute atomic E-state index is 11.8. The van der Waals surface area contributed by atoms with Gasteiger partial charge >= 0.3 is 0 Å². The number of benzene rings is 1. The van der Waals surface area contributed by atoms with Gasteiger partial charge in [0.15, 0.2) is 11.5 Å². The van der Waals surface area contributed by atoms with Crippen molar-refractivity contribution in [2.45, 2.75) is 23.5 Å². The molecule has 104 valence electrons. The number of hydrogen-bond donors (Lipinski definition) is 0. The van der Waals surface area contributed by atoms with Crippen molar-refractivity contribution < 1.29 is 14.3 Å². The van der Waals surface area contributed by atoms with E-state index in [1.165, 1.54) is 11.8 Å². The van der Waals surface area contributed by atoms with Gasteiger partial charge in [-0.1, -0.05) is 0 Å². The van der Waals surface area contributed by atoms with Crippen LogP contribution in [0.4, 0.5) is 0 Å². The van der Waals surface area contributed by atoms with Gasteiger partial charge in [-0.15, -0.1) is 11.8 Å². The highest BCUT2D eigenvalue weighted by Crippen LogP contribution is 2.35. The summed E-state index contributed by atoms with van der Waals surface area (Å²) < 4.78 is 11.2. The molecule has 0 saturated heterocycles. The summed E-state index contributed by atoms with van der Waals surface area (Å²) in [5, 5.41) is -0.111. The van der Waals surface area contributed by atoms with Crippen LogP contribution in [0.15, 0.2) is 23.1 Å². The van der Waals surface area contributed by atoms with Crippen molar-refractivity contribution in [1.29, 1.82) is 0 Å². The first kappa shape index (κ1) is 14.1. The molecule has 5 heteroatoms. The number of thioether (sulfide) groups is 1. The molecular formula is C14H19NO3S. The SMILES string of the molecule is CC(Sc1ccc2c(c1)OCCCO2)C(=O)N(C)C. The smallest absolute Gasteiger partial charge is 0.235 e. The average molecular weight is 281 g/mol. The standard InChI is InChI=1S/C14H19NO3S/c1-10(14(16)15(2)3)19-11-5-6-12-13(9-11)18-8-4-7-17-12/h5-6,9-10H,4,7-8H2,1-3H3. The number of nitrogens with zero attached hydrogens (tertiary/aromatic N) is 1. The summed E-state index contributed by atoms with van der Waals surface area (Å²) in [5.74, 6) is 1.66. The van der Waals surface area contributed by atoms with Crippen molar-refractivity contribution in [3.05, 3.63) is 18.2 Å². The number of hydrogen-bond acceptors (Lipinski definition) is 4. The molecule has 0 bridgehead atoms. The molecule has 1 aromatic rings. The van der Waals surface area contributed by atoms with E-state index in [-0.39, 0.29) is 11.2 Å². The monoisotopic (exact) mass is 281 g/mol. The van der Waals surface area contributed by atoms with E-state index >= 15 is 0 Å². The van der Waals surface area contributed by atoms with Crippen molar-refractivity contribution in [2.24, 2.45) is 0 Å². The highest BCUT2D eigenvalue weighted by atomic mass is 32.2. The third-order valence-corrected chi connectivity index (χ3v) is 3.90. The van der Waals surface area contributed by atoms with Gasteiger partial charge in [0.05, 0.1) is 18.5 Å². The number of rotatable bonds is 3. The topological polar surface area (TPSA) is 38.8 Å². The Kier molecular flexibility index (Phi) is 4.58. The fourth-order valence-corrected chi connectivity index (χ4v) is 2.88. The van der Waals surface area contributed by atoms with Gasteiger partial charge in [-0.2, -0.15) is 0 Å². The lowest BCUT2D eigenvalue weighted by Gasteiger charge is -2.17. The molecule has 1 amide bonds. The maximum Gasteiger partial charge on any atom is 0.235 e. The molecule has 0 radical (unpaired) electrons. The largest absolute Gasteiger partial charge is 0.490 e. The Morgan fingerprint density at radius 3 is 2.63 bits per heavy atom. The number of ether oxygens (including phenoxy) is 2. The van der Waals surface area contributed by atoms with Crippen LogP contribution < -0.4 is 9.47 Å². The van der Waals surface area contributed by atoms with Gasteiger partial charge in [-0.25, -0.2) is 0 Å². The predicted octanol–water partition coefficient (Wildman–Crippen LogP) is 2.42. The minimum absolute atomic E-state index is 0.108. The Morgan fingerprint density at radius 1 is 1.26 bits per heavy atom. The Balaban J connectivity index is 2.09. The second-order valence-corrected chi connectivity index (χ2v) is 6.07. The first-order chi connectivity index (χ1) is 9.08. The lowest BCUT2D eigenvalue weighted by Crippen LogP contribution is -2.29. The molecule has 1 atom stereocenters. The van der Waals surface area contributed by atoms with Gasteiger partial charge in [0.25, 0.3) is 0 Å². The molecule has 0 fully saturated rings. The Morgan fingerprint density at radius 2 is 1.95 bits per heavy atom. The highest BCUT2D eigenvalue weighted by Gasteiger charge is 2.18. The number of amides is 1. The lowest BCUT2D eigenvalue weighted by atomic mass is 10.3. The molecule has 1 aliphatic heterocycles. The molecule has 1 unspecified atom stereocenters. The summed E-state index contributed by atoms with van der Waals surface area (Å²) in [6.45, 7) is 3.28. The van der Waals surface area contributed by atoms with E-state index < -0.39 is 0 Å². The average Bonchev–Trinajstić information content (AvgIpc) is 2.62. The molecule has 0 N–H and O–H groups in total. The van der Waals surface area contributed by atoms with Crippen LogP contribution in [0.25, 0.3) is 0 Å². The van der Waals surface area contributed by atoms with Crippen LogP contribution in [0.5, 0.6) is 11.5 Å². The number of fused-ring (bicyclic) bond motifs is 1. The molecule has 2 rings (SSSR count). The van der Waals surface area contributed by atoms with Crippen LogP contribution in [-0.4, -0.2) is 43.4 Å². The van der Waals surface area contributed by atoms with Gasteiger partial charge in [0, 0.05) is 25.4 Å². The molecular weight excluding hydrogens is 262 g/mol. The van der Waals surface area contributed by atoms with E-state index in [1.54, 1.807) is 19.0 Å². The number of carbonyl (C=O) groups is 1. The van der Waals surface area contributed by atoms with E-state index in [0.717, 1.165) is 22.8 Å². The molecule has 19 heavy (non-hydrogen) atoms. The van der Waals surface area contributed by atoms with Crippen molar-refractivity contribution in [3.63, 3.8) is 0 Å². The zero-order chi connectivity index (χ0) is 13.8. The predicted molar refractivity (Wildman–Crippen MR) is 76.1 cm³/mol. The quantitative estimate of drug-likeness (QED) is 0.798. The van der Waals surface area contributed by atoms with Crippen LogP contribution in [-0.2, 0) is 4.79 Å². The van der Waals surface area contributed by atoms with E-state index in [0.29, 0.717) is 13.2 Å². The molecule has 1 aliphatic rings. The summed E-state index contributed by atoms with van der Waals surface area (Å²) in [6, 6.07) is 5.83.